The van der Waals surface area contributed by atoms with Crippen LogP contribution in [0.15, 0.2) is 66.2 Å². The smallest absolute Gasteiger partial charge is 0.0133 e. The van der Waals surface area contributed by atoms with Crippen LogP contribution >= 0.6 is 22.6 Å². The lowest BCUT2D eigenvalue weighted by Gasteiger charge is -2.28. The molecule has 2 aromatic rings. The normalized spacial score (nSPS) is 18.1. The average Bonchev–Trinajstić information content (AvgIpc) is 2.36. The van der Waals surface area contributed by atoms with Crippen LogP contribution in [0, 0.1) is 3.57 Å². The molecule has 0 radical (unpaired) electrons. The molecule has 1 unspecified atom stereocenters. The second-order valence-electron chi connectivity index (χ2n) is 4.78. The van der Waals surface area contributed by atoms with Gasteiger partial charge in [0.2, 0.25) is 0 Å². The average molecular weight is 346 g/mol. The Morgan fingerprint density at radius 1 is 1.00 bits per heavy atom. The molecule has 1 atom stereocenters. The Kier molecular flexibility index (Phi) is 3.50. The SMILES string of the molecule is Ic1cccc(C2CC=C2Cc2ccccc2)c1. The van der Waals surface area contributed by atoms with Gasteiger partial charge in [-0.3, -0.25) is 0 Å². The van der Waals surface area contributed by atoms with E-state index in [0.717, 1.165) is 6.42 Å². The van der Waals surface area contributed by atoms with Crippen LogP contribution < -0.4 is 0 Å². The Bertz CT molecular complexity index is 569. The Hall–Kier alpha value is -1.09. The Morgan fingerprint density at radius 3 is 2.50 bits per heavy atom. The predicted molar refractivity (Wildman–Crippen MR) is 84.7 cm³/mol. The zero-order valence-corrected chi connectivity index (χ0v) is 12.3. The predicted octanol–water partition coefficient (Wildman–Crippen LogP) is 4.95. The summed E-state index contributed by atoms with van der Waals surface area (Å²) in [5.74, 6) is 0.639. The van der Waals surface area contributed by atoms with Crippen LogP contribution in [0.25, 0.3) is 0 Å². The van der Waals surface area contributed by atoms with Crippen molar-refractivity contribution in [3.05, 3.63) is 80.9 Å². The third kappa shape index (κ3) is 2.51. The maximum absolute atomic E-state index is 2.39. The van der Waals surface area contributed by atoms with Gasteiger partial charge in [-0.2, -0.15) is 0 Å². The van der Waals surface area contributed by atoms with E-state index in [9.17, 15) is 0 Å². The molecule has 0 nitrogen and oxygen atoms in total. The van der Waals surface area contributed by atoms with Crippen LogP contribution in [0.4, 0.5) is 0 Å². The van der Waals surface area contributed by atoms with Crippen LogP contribution in [-0.4, -0.2) is 0 Å². The summed E-state index contributed by atoms with van der Waals surface area (Å²) in [6.07, 6.45) is 4.68. The molecule has 0 amide bonds. The zero-order valence-electron chi connectivity index (χ0n) is 10.1. The second-order valence-corrected chi connectivity index (χ2v) is 6.03. The number of benzene rings is 2. The molecular formula is C17H15I. The highest BCUT2D eigenvalue weighted by Gasteiger charge is 2.23. The van der Waals surface area contributed by atoms with Crippen molar-refractivity contribution in [1.29, 1.82) is 0 Å². The van der Waals surface area contributed by atoms with Gasteiger partial charge < -0.3 is 0 Å². The van der Waals surface area contributed by atoms with Crippen LogP contribution in [0.2, 0.25) is 0 Å². The van der Waals surface area contributed by atoms with Gasteiger partial charge in [-0.15, -0.1) is 0 Å². The number of rotatable bonds is 3. The van der Waals surface area contributed by atoms with Crippen molar-refractivity contribution in [2.24, 2.45) is 0 Å². The van der Waals surface area contributed by atoms with Crippen molar-refractivity contribution >= 4 is 22.6 Å². The number of hydrogen-bond donors (Lipinski definition) is 0. The van der Waals surface area contributed by atoms with Gasteiger partial charge in [-0.05, 0) is 58.7 Å². The lowest BCUT2D eigenvalue weighted by Crippen LogP contribution is -2.12. The van der Waals surface area contributed by atoms with Crippen molar-refractivity contribution in [2.75, 3.05) is 0 Å². The first-order valence-corrected chi connectivity index (χ1v) is 7.39. The molecule has 3 rings (SSSR count). The van der Waals surface area contributed by atoms with Gasteiger partial charge in [-0.1, -0.05) is 54.1 Å². The molecule has 90 valence electrons. The summed E-state index contributed by atoms with van der Waals surface area (Å²) in [7, 11) is 0. The second kappa shape index (κ2) is 5.27. The van der Waals surface area contributed by atoms with E-state index < -0.39 is 0 Å². The van der Waals surface area contributed by atoms with E-state index in [1.54, 1.807) is 5.57 Å². The Balaban J connectivity index is 1.76. The summed E-state index contributed by atoms with van der Waals surface area (Å²) >= 11 is 2.39. The van der Waals surface area contributed by atoms with Gasteiger partial charge in [-0.25, -0.2) is 0 Å². The fourth-order valence-corrected chi connectivity index (χ4v) is 3.07. The maximum atomic E-state index is 2.39. The minimum atomic E-state index is 0.639. The standard InChI is InChI=1S/C17H15I/c18-16-8-4-7-14(12-16)17-10-9-15(17)11-13-5-2-1-3-6-13/h1-9,12,17H,10-11H2. The molecule has 1 aliphatic rings. The third-order valence-corrected chi connectivity index (χ3v) is 4.24. The first-order valence-electron chi connectivity index (χ1n) is 6.31. The molecule has 0 N–H and O–H groups in total. The summed E-state index contributed by atoms with van der Waals surface area (Å²) < 4.78 is 1.33. The maximum Gasteiger partial charge on any atom is 0.0133 e. The molecule has 0 aliphatic heterocycles. The summed E-state index contributed by atoms with van der Waals surface area (Å²) in [6.45, 7) is 0. The van der Waals surface area contributed by atoms with E-state index in [0.29, 0.717) is 5.92 Å². The first kappa shape index (κ1) is 12.0. The summed E-state index contributed by atoms with van der Waals surface area (Å²) in [5.41, 5.74) is 4.46. The first-order chi connectivity index (χ1) is 8.83. The number of allylic oxidation sites excluding steroid dienone is 2. The Morgan fingerprint density at radius 2 is 1.83 bits per heavy atom. The molecule has 0 spiro atoms. The van der Waals surface area contributed by atoms with Gasteiger partial charge in [0.15, 0.2) is 0 Å². The lowest BCUT2D eigenvalue weighted by molar-refractivity contribution is 0.700. The van der Waals surface area contributed by atoms with Gasteiger partial charge in [0, 0.05) is 9.49 Å². The van der Waals surface area contributed by atoms with E-state index in [1.165, 1.54) is 21.1 Å². The largest absolute Gasteiger partial charge is 0.0834 e. The molecule has 0 heterocycles. The molecule has 0 saturated carbocycles. The monoisotopic (exact) mass is 346 g/mol. The van der Waals surface area contributed by atoms with Gasteiger partial charge in [0.05, 0.1) is 0 Å². The summed E-state index contributed by atoms with van der Waals surface area (Å²) in [6, 6.07) is 19.6. The molecule has 18 heavy (non-hydrogen) atoms. The molecule has 0 aromatic heterocycles. The van der Waals surface area contributed by atoms with Crippen LogP contribution in [0.1, 0.15) is 23.5 Å². The minimum absolute atomic E-state index is 0.639. The number of hydrogen-bond acceptors (Lipinski definition) is 0. The Labute approximate surface area is 122 Å². The van der Waals surface area contributed by atoms with E-state index in [2.05, 4.69) is 83.3 Å². The van der Waals surface area contributed by atoms with E-state index in [1.807, 2.05) is 0 Å². The topological polar surface area (TPSA) is 0 Å². The van der Waals surface area contributed by atoms with Crippen molar-refractivity contribution in [3.63, 3.8) is 0 Å². The molecule has 1 heteroatoms. The van der Waals surface area contributed by atoms with Crippen molar-refractivity contribution in [1.82, 2.24) is 0 Å². The third-order valence-electron chi connectivity index (χ3n) is 3.57. The molecule has 1 aliphatic carbocycles. The van der Waals surface area contributed by atoms with E-state index in [4.69, 9.17) is 0 Å². The van der Waals surface area contributed by atoms with E-state index >= 15 is 0 Å². The molecule has 0 fully saturated rings. The van der Waals surface area contributed by atoms with Gasteiger partial charge in [0.25, 0.3) is 0 Å². The fraction of sp³-hybridized carbons (Fsp3) is 0.176. The highest BCUT2D eigenvalue weighted by atomic mass is 127. The van der Waals surface area contributed by atoms with Crippen LogP contribution in [-0.2, 0) is 6.42 Å². The van der Waals surface area contributed by atoms with Gasteiger partial charge in [0.1, 0.15) is 0 Å². The van der Waals surface area contributed by atoms with E-state index in [-0.39, 0.29) is 0 Å². The van der Waals surface area contributed by atoms with Crippen molar-refractivity contribution in [3.8, 4) is 0 Å². The lowest BCUT2D eigenvalue weighted by atomic mass is 9.77. The molecule has 2 aromatic carbocycles. The highest BCUT2D eigenvalue weighted by Crippen LogP contribution is 2.38. The molecule has 0 saturated heterocycles. The van der Waals surface area contributed by atoms with Crippen LogP contribution in [0.3, 0.4) is 0 Å². The number of halogens is 1. The highest BCUT2D eigenvalue weighted by molar-refractivity contribution is 14.1. The molecule has 0 bridgehead atoms. The summed E-state index contributed by atoms with van der Waals surface area (Å²) in [4.78, 5) is 0. The minimum Gasteiger partial charge on any atom is -0.0834 e. The van der Waals surface area contributed by atoms with Crippen molar-refractivity contribution in [2.45, 2.75) is 18.8 Å². The van der Waals surface area contributed by atoms with Gasteiger partial charge >= 0.3 is 0 Å². The summed E-state index contributed by atoms with van der Waals surface area (Å²) in [5, 5.41) is 0. The zero-order chi connectivity index (χ0) is 12.4. The quantitative estimate of drug-likeness (QED) is 0.545. The fourth-order valence-electron chi connectivity index (χ4n) is 2.50. The van der Waals surface area contributed by atoms with Crippen LogP contribution in [0.5, 0.6) is 0 Å². The molecular weight excluding hydrogens is 331 g/mol. The van der Waals surface area contributed by atoms with Crippen molar-refractivity contribution < 1.29 is 0 Å².